The number of carboxylic acids is 1. The van der Waals surface area contributed by atoms with E-state index in [1.807, 2.05) is 0 Å². The second-order valence-corrected chi connectivity index (χ2v) is 6.37. The van der Waals surface area contributed by atoms with Gasteiger partial charge >= 0.3 is 12.3 Å². The fraction of sp³-hybridized carbons (Fsp3) is 0.0714. The Morgan fingerprint density at radius 1 is 1.08 bits per heavy atom. The molecule has 0 aliphatic rings. The van der Waals surface area contributed by atoms with Crippen molar-refractivity contribution in [1.29, 1.82) is 0 Å². The van der Waals surface area contributed by atoms with Crippen LogP contribution in [0.15, 0.2) is 47.5 Å². The van der Waals surface area contributed by atoms with Gasteiger partial charge in [0.25, 0.3) is 15.9 Å². The van der Waals surface area contributed by atoms with Gasteiger partial charge in [-0.2, -0.15) is 0 Å². The van der Waals surface area contributed by atoms with Gasteiger partial charge in [0.2, 0.25) is 0 Å². The molecule has 0 aliphatic carbocycles. The molecule has 0 fully saturated rings. The van der Waals surface area contributed by atoms with E-state index in [-0.39, 0.29) is 11.3 Å². The number of ether oxygens (including phenoxy) is 1. The third-order valence-corrected chi connectivity index (χ3v) is 4.19. The second kappa shape index (κ2) is 7.00. The number of carbonyl (C=O) groups excluding carboxylic acids is 1. The zero-order chi connectivity index (χ0) is 19.5. The third kappa shape index (κ3) is 4.92. The van der Waals surface area contributed by atoms with E-state index >= 15 is 0 Å². The number of carbonyl (C=O) groups is 2. The monoisotopic (exact) mass is 390 g/mol. The van der Waals surface area contributed by atoms with E-state index in [4.69, 9.17) is 5.11 Å². The minimum atomic E-state index is -4.93. The van der Waals surface area contributed by atoms with Crippen LogP contribution in [0.3, 0.4) is 0 Å². The van der Waals surface area contributed by atoms with Gasteiger partial charge < -0.3 is 9.84 Å². The summed E-state index contributed by atoms with van der Waals surface area (Å²) in [5.41, 5.74) is -0.569. The lowest BCUT2D eigenvalue weighted by Gasteiger charge is -2.10. The number of hydrogen-bond acceptors (Lipinski definition) is 6. The normalized spacial score (nSPS) is 11.7. The van der Waals surface area contributed by atoms with Gasteiger partial charge in [0.05, 0.1) is 10.5 Å². The maximum atomic E-state index is 12.1. The molecule has 8 nitrogen and oxygen atoms in total. The molecule has 12 heteroatoms. The predicted octanol–water partition coefficient (Wildman–Crippen LogP) is 1.80. The van der Waals surface area contributed by atoms with Crippen molar-refractivity contribution in [3.63, 3.8) is 0 Å². The number of hydrogen-bond donors (Lipinski definition) is 2. The second-order valence-electron chi connectivity index (χ2n) is 4.69. The standard InChI is InChI=1S/C14H9F3N2O6S/c15-14(16,17)25-9-2-4-10(5-3-9)26(23,24)19-12(20)8-1-6-11(13(21)22)18-7-8/h1-7H,(H,19,20)(H,21,22). The summed E-state index contributed by atoms with van der Waals surface area (Å²) in [4.78, 5) is 25.6. The van der Waals surface area contributed by atoms with Gasteiger partial charge in [-0.3, -0.25) is 4.79 Å². The van der Waals surface area contributed by atoms with Gasteiger partial charge in [0.15, 0.2) is 0 Å². The van der Waals surface area contributed by atoms with Gasteiger partial charge in [-0.25, -0.2) is 22.9 Å². The lowest BCUT2D eigenvalue weighted by molar-refractivity contribution is -0.274. The lowest BCUT2D eigenvalue weighted by Crippen LogP contribution is -2.30. The van der Waals surface area contributed by atoms with E-state index in [2.05, 4.69) is 9.72 Å². The molecule has 2 N–H and O–H groups in total. The molecule has 1 aromatic heterocycles. The lowest BCUT2D eigenvalue weighted by atomic mass is 10.2. The van der Waals surface area contributed by atoms with Crippen molar-refractivity contribution < 1.29 is 41.0 Å². The smallest absolute Gasteiger partial charge is 0.477 e. The van der Waals surface area contributed by atoms with Crippen LogP contribution in [-0.2, 0) is 10.0 Å². The van der Waals surface area contributed by atoms with E-state index < -0.39 is 38.9 Å². The van der Waals surface area contributed by atoms with Crippen LogP contribution < -0.4 is 9.46 Å². The summed E-state index contributed by atoms with van der Waals surface area (Å²) < 4.78 is 65.7. The SMILES string of the molecule is O=C(NS(=O)(=O)c1ccc(OC(F)(F)F)cc1)c1ccc(C(=O)O)nc1. The number of amides is 1. The number of carboxylic acid groups (broad SMARTS) is 1. The number of nitrogens with zero attached hydrogens (tertiary/aromatic N) is 1. The van der Waals surface area contributed by atoms with Gasteiger partial charge in [-0.1, -0.05) is 0 Å². The zero-order valence-corrected chi connectivity index (χ0v) is 13.3. The zero-order valence-electron chi connectivity index (χ0n) is 12.5. The summed E-state index contributed by atoms with van der Waals surface area (Å²) >= 11 is 0. The molecule has 2 aromatic rings. The van der Waals surface area contributed by atoms with Crippen molar-refractivity contribution in [2.24, 2.45) is 0 Å². The molecular formula is C14H9F3N2O6S. The van der Waals surface area contributed by atoms with Crippen molar-refractivity contribution in [1.82, 2.24) is 9.71 Å². The fourth-order valence-corrected chi connectivity index (χ4v) is 2.69. The summed E-state index contributed by atoms with van der Waals surface area (Å²) in [5.74, 6) is -3.05. The van der Waals surface area contributed by atoms with Crippen molar-refractivity contribution in [3.05, 3.63) is 53.9 Å². The molecule has 0 spiro atoms. The van der Waals surface area contributed by atoms with E-state index in [9.17, 15) is 31.2 Å². The Morgan fingerprint density at radius 2 is 1.69 bits per heavy atom. The maximum Gasteiger partial charge on any atom is 0.573 e. The number of nitrogens with one attached hydrogen (secondary N) is 1. The summed E-state index contributed by atoms with van der Waals surface area (Å²) in [6.07, 6.45) is -4.06. The number of halogens is 3. The molecule has 1 amide bonds. The minimum Gasteiger partial charge on any atom is -0.477 e. The van der Waals surface area contributed by atoms with E-state index in [0.29, 0.717) is 0 Å². The number of pyridine rings is 1. The quantitative estimate of drug-likeness (QED) is 0.798. The van der Waals surface area contributed by atoms with E-state index in [0.717, 1.165) is 42.6 Å². The summed E-state index contributed by atoms with van der Waals surface area (Å²) in [6.45, 7) is 0. The van der Waals surface area contributed by atoms with Crippen LogP contribution in [-0.4, -0.2) is 36.7 Å². The summed E-state index contributed by atoms with van der Waals surface area (Å²) in [5, 5.41) is 8.70. The number of aromatic nitrogens is 1. The Morgan fingerprint density at radius 3 is 2.15 bits per heavy atom. The van der Waals surface area contributed by atoms with Crippen LogP contribution in [0, 0.1) is 0 Å². The van der Waals surface area contributed by atoms with Crippen molar-refractivity contribution in [2.75, 3.05) is 0 Å². The van der Waals surface area contributed by atoms with Crippen LogP contribution in [0.2, 0.25) is 0 Å². The third-order valence-electron chi connectivity index (χ3n) is 2.84. The Balaban J connectivity index is 2.14. The average Bonchev–Trinajstić information content (AvgIpc) is 2.53. The van der Waals surface area contributed by atoms with Crippen LogP contribution in [0.25, 0.3) is 0 Å². The van der Waals surface area contributed by atoms with Crippen LogP contribution in [0.5, 0.6) is 5.75 Å². The average molecular weight is 390 g/mol. The molecular weight excluding hydrogens is 381 g/mol. The van der Waals surface area contributed by atoms with Gasteiger partial charge in [-0.15, -0.1) is 13.2 Å². The van der Waals surface area contributed by atoms with Crippen molar-refractivity contribution >= 4 is 21.9 Å². The number of sulfonamides is 1. The van der Waals surface area contributed by atoms with E-state index in [1.54, 1.807) is 4.72 Å². The molecule has 0 bridgehead atoms. The minimum absolute atomic E-state index is 0.226. The first-order chi connectivity index (χ1) is 12.0. The van der Waals surface area contributed by atoms with Gasteiger partial charge in [-0.05, 0) is 36.4 Å². The maximum absolute atomic E-state index is 12.1. The topological polar surface area (TPSA) is 123 Å². The van der Waals surface area contributed by atoms with Crippen LogP contribution in [0.4, 0.5) is 13.2 Å². The molecule has 0 unspecified atom stereocenters. The molecule has 1 heterocycles. The highest BCUT2D eigenvalue weighted by atomic mass is 32.2. The first-order valence-corrected chi connectivity index (χ1v) is 8.08. The molecule has 1 aromatic carbocycles. The van der Waals surface area contributed by atoms with Gasteiger partial charge in [0, 0.05) is 6.20 Å². The molecule has 0 saturated carbocycles. The predicted molar refractivity (Wildman–Crippen MR) is 79.0 cm³/mol. The van der Waals surface area contributed by atoms with Crippen LogP contribution >= 0.6 is 0 Å². The first kappa shape index (κ1) is 19.2. The highest BCUT2D eigenvalue weighted by Crippen LogP contribution is 2.23. The molecule has 0 aliphatic heterocycles. The number of aromatic carboxylic acids is 1. The molecule has 26 heavy (non-hydrogen) atoms. The Bertz CT molecular complexity index is 925. The number of rotatable bonds is 5. The molecule has 0 radical (unpaired) electrons. The number of alkyl halides is 3. The van der Waals surface area contributed by atoms with Crippen molar-refractivity contribution in [2.45, 2.75) is 11.3 Å². The molecule has 0 atom stereocenters. The largest absolute Gasteiger partial charge is 0.573 e. The van der Waals surface area contributed by atoms with E-state index in [1.165, 1.54) is 0 Å². The highest BCUT2D eigenvalue weighted by molar-refractivity contribution is 7.90. The van der Waals surface area contributed by atoms with Crippen LogP contribution in [0.1, 0.15) is 20.8 Å². The van der Waals surface area contributed by atoms with Gasteiger partial charge in [0.1, 0.15) is 11.4 Å². The Labute approximate surface area is 144 Å². The van der Waals surface area contributed by atoms with Crippen molar-refractivity contribution in [3.8, 4) is 5.75 Å². The fourth-order valence-electron chi connectivity index (χ4n) is 1.72. The molecule has 2 rings (SSSR count). The molecule has 0 saturated heterocycles. The Kier molecular flexibility index (Phi) is 5.16. The highest BCUT2D eigenvalue weighted by Gasteiger charge is 2.31. The Hall–Kier alpha value is -3.15. The first-order valence-electron chi connectivity index (χ1n) is 6.60. The molecule has 138 valence electrons. The summed E-state index contributed by atoms with van der Waals surface area (Å²) in [6, 6.07) is 5.26. The summed E-state index contributed by atoms with van der Waals surface area (Å²) in [7, 11) is -4.38. The number of benzene rings is 1.